The van der Waals surface area contributed by atoms with E-state index >= 15 is 0 Å². The maximum Gasteiger partial charge on any atom is 0.320 e. The minimum Gasteiger partial charge on any atom is -0.480 e. The van der Waals surface area contributed by atoms with Crippen molar-refractivity contribution in [3.05, 3.63) is 6.92 Å². The van der Waals surface area contributed by atoms with Crippen LogP contribution in [0.5, 0.6) is 0 Å². The molecule has 0 aliphatic heterocycles. The summed E-state index contributed by atoms with van der Waals surface area (Å²) in [7, 11) is 3.34. The van der Waals surface area contributed by atoms with Gasteiger partial charge in [-0.05, 0) is 21.0 Å². The van der Waals surface area contributed by atoms with E-state index in [0.717, 1.165) is 0 Å². The molecule has 0 aliphatic rings. The Morgan fingerprint density at radius 3 is 2.12 bits per heavy atom. The van der Waals surface area contributed by atoms with Crippen LogP contribution in [0.1, 0.15) is 0 Å². The summed E-state index contributed by atoms with van der Waals surface area (Å²) in [4.78, 5) is 11.6. The predicted molar refractivity (Wildman–Crippen MR) is 30.5 cm³/mol. The molecular formula is C5H10NO2. The molecule has 8 heavy (non-hydrogen) atoms. The van der Waals surface area contributed by atoms with Crippen molar-refractivity contribution in [3.63, 3.8) is 0 Å². The van der Waals surface area contributed by atoms with Crippen molar-refractivity contribution in [1.82, 2.24) is 4.90 Å². The standard InChI is InChI=1S/C5H10NO2/c1-4(5(7)8)6(2)3/h4H,1H2,2-3H3,(H,7,8). The molecule has 47 valence electrons. The van der Waals surface area contributed by atoms with Gasteiger partial charge in [-0.1, -0.05) is 0 Å². The Labute approximate surface area is 48.9 Å². The van der Waals surface area contributed by atoms with E-state index < -0.39 is 12.0 Å². The van der Waals surface area contributed by atoms with E-state index in [4.69, 9.17) is 5.11 Å². The molecule has 0 rings (SSSR count). The lowest BCUT2D eigenvalue weighted by Crippen LogP contribution is -2.32. The first-order valence-electron chi connectivity index (χ1n) is 2.28. The van der Waals surface area contributed by atoms with Gasteiger partial charge in [0.25, 0.3) is 0 Å². The van der Waals surface area contributed by atoms with Crippen molar-refractivity contribution in [2.24, 2.45) is 0 Å². The zero-order valence-corrected chi connectivity index (χ0v) is 5.09. The largest absolute Gasteiger partial charge is 0.480 e. The topological polar surface area (TPSA) is 40.5 Å². The molecule has 0 saturated heterocycles. The van der Waals surface area contributed by atoms with Crippen LogP contribution in [0.2, 0.25) is 0 Å². The SMILES string of the molecule is [CH2]C(C(=O)O)N(C)C. The zero-order valence-electron chi connectivity index (χ0n) is 5.09. The van der Waals surface area contributed by atoms with E-state index in [9.17, 15) is 4.79 Å². The minimum atomic E-state index is -0.894. The minimum absolute atomic E-state index is 0.630. The normalized spacial score (nSPS) is 14.0. The van der Waals surface area contributed by atoms with E-state index in [-0.39, 0.29) is 0 Å². The average molecular weight is 116 g/mol. The van der Waals surface area contributed by atoms with Gasteiger partial charge in [-0.15, -0.1) is 0 Å². The van der Waals surface area contributed by atoms with Gasteiger partial charge in [-0.25, -0.2) is 0 Å². The van der Waals surface area contributed by atoms with Crippen LogP contribution in [0.4, 0.5) is 0 Å². The molecule has 0 fully saturated rings. The first-order valence-corrected chi connectivity index (χ1v) is 2.28. The molecule has 0 aliphatic carbocycles. The molecule has 0 aromatic carbocycles. The van der Waals surface area contributed by atoms with E-state index in [1.807, 2.05) is 0 Å². The van der Waals surface area contributed by atoms with Crippen LogP contribution in [-0.2, 0) is 4.79 Å². The fraction of sp³-hybridized carbons (Fsp3) is 0.600. The zero-order chi connectivity index (χ0) is 6.73. The van der Waals surface area contributed by atoms with Gasteiger partial charge in [0.1, 0.15) is 6.04 Å². The Morgan fingerprint density at radius 1 is 1.75 bits per heavy atom. The number of carbonyl (C=O) groups is 1. The van der Waals surface area contributed by atoms with Crippen LogP contribution in [0.25, 0.3) is 0 Å². The van der Waals surface area contributed by atoms with Crippen LogP contribution < -0.4 is 0 Å². The molecule has 0 aromatic heterocycles. The molecule has 0 bridgehead atoms. The third-order valence-electron chi connectivity index (χ3n) is 0.908. The molecule has 0 heterocycles. The van der Waals surface area contributed by atoms with Gasteiger partial charge in [-0.2, -0.15) is 0 Å². The Hall–Kier alpha value is -0.570. The number of hydrogen-bond donors (Lipinski definition) is 1. The van der Waals surface area contributed by atoms with Crippen molar-refractivity contribution < 1.29 is 9.90 Å². The van der Waals surface area contributed by atoms with Gasteiger partial charge < -0.3 is 5.11 Å². The maximum atomic E-state index is 10.0. The molecule has 3 nitrogen and oxygen atoms in total. The smallest absolute Gasteiger partial charge is 0.320 e. The van der Waals surface area contributed by atoms with Crippen LogP contribution >= 0.6 is 0 Å². The lowest BCUT2D eigenvalue weighted by molar-refractivity contribution is -0.140. The molecule has 0 amide bonds. The van der Waals surface area contributed by atoms with Gasteiger partial charge in [0, 0.05) is 0 Å². The molecule has 3 heteroatoms. The van der Waals surface area contributed by atoms with Crippen LogP contribution in [0.15, 0.2) is 0 Å². The number of carboxylic acid groups (broad SMARTS) is 1. The molecule has 1 atom stereocenters. The number of likely N-dealkylation sites (N-methyl/N-ethyl adjacent to an activating group) is 1. The van der Waals surface area contributed by atoms with Gasteiger partial charge in [0.15, 0.2) is 0 Å². The van der Waals surface area contributed by atoms with Crippen LogP contribution in [-0.4, -0.2) is 36.1 Å². The fourth-order valence-electron chi connectivity index (χ4n) is 0.221. The third-order valence-corrected chi connectivity index (χ3v) is 0.908. The summed E-state index contributed by atoms with van der Waals surface area (Å²) in [5, 5.41) is 8.25. The first kappa shape index (κ1) is 7.43. The molecule has 1 N–H and O–H groups in total. The van der Waals surface area contributed by atoms with Gasteiger partial charge in [0.2, 0.25) is 0 Å². The average Bonchev–Trinajstić information content (AvgIpc) is 1.64. The Kier molecular flexibility index (Phi) is 2.48. The molecule has 1 unspecified atom stereocenters. The highest BCUT2D eigenvalue weighted by atomic mass is 16.4. The molecule has 0 spiro atoms. The quantitative estimate of drug-likeness (QED) is 0.544. The molecule has 0 aromatic rings. The number of hydrogen-bond acceptors (Lipinski definition) is 2. The second-order valence-electron chi connectivity index (χ2n) is 1.82. The molecular weight excluding hydrogens is 106 g/mol. The van der Waals surface area contributed by atoms with Crippen molar-refractivity contribution in [3.8, 4) is 0 Å². The van der Waals surface area contributed by atoms with Crippen molar-refractivity contribution in [1.29, 1.82) is 0 Å². The third kappa shape index (κ3) is 1.93. The highest BCUT2D eigenvalue weighted by Gasteiger charge is 2.11. The van der Waals surface area contributed by atoms with E-state index in [0.29, 0.717) is 0 Å². The summed E-state index contributed by atoms with van der Waals surface area (Å²) in [6.45, 7) is 3.36. The first-order chi connectivity index (χ1) is 3.55. The van der Waals surface area contributed by atoms with Gasteiger partial charge >= 0.3 is 5.97 Å². The van der Waals surface area contributed by atoms with Crippen LogP contribution in [0, 0.1) is 6.92 Å². The lowest BCUT2D eigenvalue weighted by atomic mass is 10.3. The van der Waals surface area contributed by atoms with Crippen molar-refractivity contribution in [2.45, 2.75) is 6.04 Å². The number of carboxylic acids is 1. The second kappa shape index (κ2) is 2.67. The monoisotopic (exact) mass is 116 g/mol. The summed E-state index contributed by atoms with van der Waals surface area (Å²) in [5.41, 5.74) is 0. The van der Waals surface area contributed by atoms with Crippen LogP contribution in [0.3, 0.4) is 0 Å². The van der Waals surface area contributed by atoms with Gasteiger partial charge in [-0.3, -0.25) is 9.69 Å². The Morgan fingerprint density at radius 2 is 2.12 bits per heavy atom. The Balaban J connectivity index is 3.64. The maximum absolute atomic E-state index is 10.0. The molecule has 0 saturated carbocycles. The summed E-state index contributed by atoms with van der Waals surface area (Å²) < 4.78 is 0. The summed E-state index contributed by atoms with van der Waals surface area (Å²) in [6, 6.07) is -0.630. The van der Waals surface area contributed by atoms with Gasteiger partial charge in [0.05, 0.1) is 0 Å². The number of rotatable bonds is 2. The summed E-state index contributed by atoms with van der Waals surface area (Å²) in [5.74, 6) is -0.894. The fourth-order valence-corrected chi connectivity index (χ4v) is 0.221. The lowest BCUT2D eigenvalue weighted by Gasteiger charge is -2.13. The highest BCUT2D eigenvalue weighted by molar-refractivity contribution is 5.74. The summed E-state index contributed by atoms with van der Waals surface area (Å²) in [6.07, 6.45) is 0. The highest BCUT2D eigenvalue weighted by Crippen LogP contribution is 1.87. The van der Waals surface area contributed by atoms with E-state index in [2.05, 4.69) is 6.92 Å². The number of aliphatic carboxylic acids is 1. The van der Waals surface area contributed by atoms with E-state index in [1.165, 1.54) is 4.90 Å². The van der Waals surface area contributed by atoms with Crippen molar-refractivity contribution >= 4 is 5.97 Å². The van der Waals surface area contributed by atoms with Crippen molar-refractivity contribution in [2.75, 3.05) is 14.1 Å². The predicted octanol–water partition coefficient (Wildman–Crippen LogP) is -0.165. The van der Waals surface area contributed by atoms with E-state index in [1.54, 1.807) is 14.1 Å². The molecule has 1 radical (unpaired) electrons. The summed E-state index contributed by atoms with van der Waals surface area (Å²) >= 11 is 0. The Bertz CT molecular complexity index is 90.4. The number of nitrogens with zero attached hydrogens (tertiary/aromatic N) is 1. The second-order valence-corrected chi connectivity index (χ2v) is 1.82.